The van der Waals surface area contributed by atoms with Gasteiger partial charge in [-0.05, 0) is 36.6 Å². The maximum absolute atomic E-state index is 12.9. The quantitative estimate of drug-likeness (QED) is 0.731. The van der Waals surface area contributed by atoms with Crippen molar-refractivity contribution in [3.8, 4) is 5.69 Å². The van der Waals surface area contributed by atoms with Crippen LogP contribution in [0.15, 0.2) is 48.8 Å². The van der Waals surface area contributed by atoms with Gasteiger partial charge < -0.3 is 5.32 Å². The Hall–Kier alpha value is -2.66. The van der Waals surface area contributed by atoms with Crippen LogP contribution in [0.3, 0.4) is 0 Å². The highest BCUT2D eigenvalue weighted by Gasteiger charge is 2.24. The van der Waals surface area contributed by atoms with Crippen molar-refractivity contribution in [1.29, 1.82) is 0 Å². The number of pyridine rings is 1. The molecule has 0 unspecified atom stereocenters. The smallest absolute Gasteiger partial charge is 0.255 e. The molecule has 0 aliphatic rings. The second kappa shape index (κ2) is 7.70. The van der Waals surface area contributed by atoms with Gasteiger partial charge in [0, 0.05) is 18.9 Å². The van der Waals surface area contributed by atoms with E-state index in [0.717, 1.165) is 16.9 Å². The van der Waals surface area contributed by atoms with Gasteiger partial charge in [0.25, 0.3) is 5.91 Å². The molecule has 5 nitrogen and oxygen atoms in total. The van der Waals surface area contributed by atoms with E-state index < -0.39 is 0 Å². The number of halogens is 1. The lowest BCUT2D eigenvalue weighted by atomic mass is 10.0. The summed E-state index contributed by atoms with van der Waals surface area (Å²) in [5, 5.41) is 8.16. The summed E-state index contributed by atoms with van der Waals surface area (Å²) in [6.45, 7) is 6.35. The number of rotatable bonds is 5. The molecule has 0 spiro atoms. The molecular formula is C20H21ClN4O. The van der Waals surface area contributed by atoms with E-state index in [1.165, 1.54) is 0 Å². The summed E-state index contributed by atoms with van der Waals surface area (Å²) in [7, 11) is 0. The third-order valence-electron chi connectivity index (χ3n) is 4.13. The highest BCUT2D eigenvalue weighted by atomic mass is 35.5. The fraction of sp³-hybridized carbons (Fsp3) is 0.250. The fourth-order valence-corrected chi connectivity index (χ4v) is 3.16. The van der Waals surface area contributed by atoms with Crippen LogP contribution in [0, 0.1) is 6.92 Å². The summed E-state index contributed by atoms with van der Waals surface area (Å²) in [5.74, 6) is -0.0417. The highest BCUT2D eigenvalue weighted by molar-refractivity contribution is 6.32. The van der Waals surface area contributed by atoms with E-state index in [1.807, 2.05) is 57.2 Å². The molecule has 0 saturated heterocycles. The van der Waals surface area contributed by atoms with Crippen LogP contribution in [0.2, 0.25) is 5.02 Å². The number of aryl methyl sites for hydroxylation is 1. The van der Waals surface area contributed by atoms with Crippen LogP contribution >= 0.6 is 11.6 Å². The van der Waals surface area contributed by atoms with Crippen molar-refractivity contribution in [2.75, 3.05) is 0 Å². The van der Waals surface area contributed by atoms with Crippen LogP contribution < -0.4 is 5.32 Å². The summed E-state index contributed by atoms with van der Waals surface area (Å²) in [5.41, 5.74) is 3.84. The first-order valence-corrected chi connectivity index (χ1v) is 8.88. The standard InChI is InChI=1S/C20H21ClN4O/c1-13(2)19-18(20(26)23-12-15-7-6-10-22-11-15)14(3)24-25(19)17-9-5-4-8-16(17)21/h4-11,13H,12H2,1-3H3,(H,23,26). The average Bonchev–Trinajstić information content (AvgIpc) is 2.98. The van der Waals surface area contributed by atoms with E-state index in [4.69, 9.17) is 11.6 Å². The van der Waals surface area contributed by atoms with Gasteiger partial charge in [0.15, 0.2) is 0 Å². The molecule has 1 aromatic carbocycles. The van der Waals surface area contributed by atoms with Gasteiger partial charge in [-0.2, -0.15) is 5.10 Å². The van der Waals surface area contributed by atoms with Gasteiger partial charge in [0.05, 0.1) is 27.7 Å². The molecule has 1 amide bonds. The van der Waals surface area contributed by atoms with Crippen LogP contribution in [-0.2, 0) is 6.54 Å². The summed E-state index contributed by atoms with van der Waals surface area (Å²) >= 11 is 6.35. The lowest BCUT2D eigenvalue weighted by molar-refractivity contribution is 0.0949. The second-order valence-electron chi connectivity index (χ2n) is 6.41. The molecule has 6 heteroatoms. The Labute approximate surface area is 158 Å². The SMILES string of the molecule is Cc1nn(-c2ccccc2Cl)c(C(C)C)c1C(=O)NCc1cccnc1. The number of carbonyl (C=O) groups is 1. The lowest BCUT2D eigenvalue weighted by Crippen LogP contribution is -2.25. The van der Waals surface area contributed by atoms with E-state index in [9.17, 15) is 4.79 Å². The number of aromatic nitrogens is 3. The normalized spacial score (nSPS) is 11.0. The predicted octanol–water partition coefficient (Wildman–Crippen LogP) is 4.28. The number of carbonyl (C=O) groups excluding carboxylic acids is 1. The number of amides is 1. The molecule has 0 radical (unpaired) electrons. The number of hydrogen-bond acceptors (Lipinski definition) is 3. The molecule has 2 aromatic heterocycles. The molecule has 3 aromatic rings. The molecule has 0 fully saturated rings. The number of benzene rings is 1. The van der Waals surface area contributed by atoms with Crippen LogP contribution in [0.4, 0.5) is 0 Å². The Kier molecular flexibility index (Phi) is 5.38. The number of hydrogen-bond donors (Lipinski definition) is 1. The minimum Gasteiger partial charge on any atom is -0.348 e. The first-order chi connectivity index (χ1) is 12.5. The van der Waals surface area contributed by atoms with E-state index in [-0.39, 0.29) is 11.8 Å². The van der Waals surface area contributed by atoms with Crippen molar-refractivity contribution in [2.45, 2.75) is 33.2 Å². The van der Waals surface area contributed by atoms with Crippen LogP contribution in [0.1, 0.15) is 47.1 Å². The highest BCUT2D eigenvalue weighted by Crippen LogP contribution is 2.29. The second-order valence-corrected chi connectivity index (χ2v) is 6.81. The Morgan fingerprint density at radius 3 is 2.65 bits per heavy atom. The van der Waals surface area contributed by atoms with Crippen LogP contribution in [0.5, 0.6) is 0 Å². The average molecular weight is 369 g/mol. The van der Waals surface area contributed by atoms with Gasteiger partial charge in [-0.1, -0.05) is 43.6 Å². The fourth-order valence-electron chi connectivity index (χ4n) is 2.94. The molecular weight excluding hydrogens is 348 g/mol. The minimum atomic E-state index is -0.145. The van der Waals surface area contributed by atoms with Crippen molar-refractivity contribution in [3.63, 3.8) is 0 Å². The maximum atomic E-state index is 12.9. The summed E-state index contributed by atoms with van der Waals surface area (Å²) in [6.07, 6.45) is 3.45. The molecule has 0 atom stereocenters. The van der Waals surface area contributed by atoms with E-state index in [1.54, 1.807) is 17.1 Å². The predicted molar refractivity (Wildman–Crippen MR) is 103 cm³/mol. The topological polar surface area (TPSA) is 59.8 Å². The third-order valence-corrected chi connectivity index (χ3v) is 4.45. The van der Waals surface area contributed by atoms with Gasteiger partial charge >= 0.3 is 0 Å². The van der Waals surface area contributed by atoms with Crippen molar-refractivity contribution < 1.29 is 4.79 Å². The Morgan fingerprint density at radius 2 is 2.00 bits per heavy atom. The Bertz CT molecular complexity index is 919. The first kappa shape index (κ1) is 18.1. The molecule has 0 aliphatic heterocycles. The molecule has 26 heavy (non-hydrogen) atoms. The number of para-hydroxylation sites is 1. The molecule has 0 aliphatic carbocycles. The zero-order valence-corrected chi connectivity index (χ0v) is 15.8. The van der Waals surface area contributed by atoms with Gasteiger partial charge in [-0.3, -0.25) is 9.78 Å². The number of nitrogens with zero attached hydrogens (tertiary/aromatic N) is 3. The molecule has 0 saturated carbocycles. The van der Waals surface area contributed by atoms with E-state index in [0.29, 0.717) is 22.8 Å². The van der Waals surface area contributed by atoms with Crippen molar-refractivity contribution >= 4 is 17.5 Å². The minimum absolute atomic E-state index is 0.103. The molecule has 134 valence electrons. The largest absolute Gasteiger partial charge is 0.348 e. The Morgan fingerprint density at radius 1 is 1.23 bits per heavy atom. The van der Waals surface area contributed by atoms with Crippen LogP contribution in [-0.4, -0.2) is 20.7 Å². The summed E-state index contributed by atoms with van der Waals surface area (Å²) in [4.78, 5) is 16.9. The zero-order chi connectivity index (χ0) is 18.7. The molecule has 1 N–H and O–H groups in total. The Balaban J connectivity index is 1.97. The van der Waals surface area contributed by atoms with E-state index >= 15 is 0 Å². The summed E-state index contributed by atoms with van der Waals surface area (Å²) in [6, 6.07) is 11.3. The van der Waals surface area contributed by atoms with Crippen molar-refractivity contribution in [2.24, 2.45) is 0 Å². The lowest BCUT2D eigenvalue weighted by Gasteiger charge is -2.14. The molecule has 2 heterocycles. The first-order valence-electron chi connectivity index (χ1n) is 8.50. The molecule has 3 rings (SSSR count). The van der Waals surface area contributed by atoms with Gasteiger partial charge in [-0.25, -0.2) is 4.68 Å². The van der Waals surface area contributed by atoms with Crippen molar-refractivity contribution in [1.82, 2.24) is 20.1 Å². The van der Waals surface area contributed by atoms with Crippen molar-refractivity contribution in [3.05, 3.63) is 76.3 Å². The molecule has 0 bridgehead atoms. The number of nitrogens with one attached hydrogen (secondary N) is 1. The monoisotopic (exact) mass is 368 g/mol. The zero-order valence-electron chi connectivity index (χ0n) is 15.0. The summed E-state index contributed by atoms with van der Waals surface area (Å²) < 4.78 is 1.78. The van der Waals surface area contributed by atoms with Gasteiger partial charge in [0.2, 0.25) is 0 Å². The maximum Gasteiger partial charge on any atom is 0.255 e. The van der Waals surface area contributed by atoms with Crippen LogP contribution in [0.25, 0.3) is 5.69 Å². The van der Waals surface area contributed by atoms with Gasteiger partial charge in [0.1, 0.15) is 0 Å². The third kappa shape index (κ3) is 3.63. The van der Waals surface area contributed by atoms with E-state index in [2.05, 4.69) is 15.4 Å². The van der Waals surface area contributed by atoms with Gasteiger partial charge in [-0.15, -0.1) is 0 Å².